The van der Waals surface area contributed by atoms with Crippen LogP contribution < -0.4 is 15.4 Å². The Bertz CT molecular complexity index is 908. The maximum Gasteiger partial charge on any atom is 0.142 e. The van der Waals surface area contributed by atoms with Gasteiger partial charge in [0.05, 0.1) is 12.8 Å². The molecule has 1 heterocycles. The molecular weight excluding hydrogens is 324 g/mol. The molecule has 5 heteroatoms. The van der Waals surface area contributed by atoms with Crippen LogP contribution in [0.5, 0.6) is 5.75 Å². The van der Waals surface area contributed by atoms with E-state index in [0.717, 1.165) is 35.2 Å². The number of nitrogens with one attached hydrogen (secondary N) is 2. The van der Waals surface area contributed by atoms with Crippen molar-refractivity contribution < 1.29 is 4.74 Å². The predicted molar refractivity (Wildman–Crippen MR) is 107 cm³/mol. The number of benzene rings is 2. The fourth-order valence-corrected chi connectivity index (χ4v) is 2.91. The Kier molecular flexibility index (Phi) is 5.37. The highest BCUT2D eigenvalue weighted by Gasteiger charge is 2.09. The molecule has 0 fully saturated rings. The average molecular weight is 348 g/mol. The highest BCUT2D eigenvalue weighted by atomic mass is 16.5. The summed E-state index contributed by atoms with van der Waals surface area (Å²) < 4.78 is 5.40. The molecular formula is C21H24N4O. The van der Waals surface area contributed by atoms with Gasteiger partial charge in [-0.15, -0.1) is 0 Å². The number of hydrogen-bond acceptors (Lipinski definition) is 5. The van der Waals surface area contributed by atoms with Gasteiger partial charge in [0.25, 0.3) is 0 Å². The van der Waals surface area contributed by atoms with Crippen LogP contribution in [0.3, 0.4) is 0 Å². The van der Waals surface area contributed by atoms with Gasteiger partial charge in [-0.25, -0.2) is 9.97 Å². The molecule has 3 rings (SSSR count). The zero-order valence-corrected chi connectivity index (χ0v) is 15.6. The van der Waals surface area contributed by atoms with Crippen molar-refractivity contribution >= 4 is 23.0 Å². The van der Waals surface area contributed by atoms with E-state index in [1.54, 1.807) is 7.11 Å². The maximum absolute atomic E-state index is 5.40. The van der Waals surface area contributed by atoms with E-state index in [1.807, 2.05) is 37.3 Å². The van der Waals surface area contributed by atoms with Gasteiger partial charge in [-0.1, -0.05) is 37.3 Å². The first kappa shape index (κ1) is 17.7. The van der Waals surface area contributed by atoms with Gasteiger partial charge in [0.2, 0.25) is 0 Å². The topological polar surface area (TPSA) is 59.1 Å². The van der Waals surface area contributed by atoms with Crippen LogP contribution >= 0.6 is 0 Å². The number of nitrogens with zero attached hydrogens (tertiary/aromatic N) is 2. The molecule has 0 aliphatic heterocycles. The maximum atomic E-state index is 5.40. The highest BCUT2D eigenvalue weighted by Crippen LogP contribution is 2.29. The molecule has 0 amide bonds. The fraction of sp³-hybridized carbons (Fsp3) is 0.238. The number of anilines is 4. The number of methoxy groups -OCH3 is 1. The molecule has 0 unspecified atom stereocenters. The molecule has 5 nitrogen and oxygen atoms in total. The SMILES string of the molecule is CCc1cccc(C)c1Nc1cc(Nc2ccccc2OC)nc(C)n1. The van der Waals surface area contributed by atoms with Gasteiger partial charge in [-0.3, -0.25) is 0 Å². The summed E-state index contributed by atoms with van der Waals surface area (Å²) in [5, 5.41) is 6.78. The molecule has 134 valence electrons. The van der Waals surface area contributed by atoms with E-state index in [9.17, 15) is 0 Å². The molecule has 0 saturated carbocycles. The van der Waals surface area contributed by atoms with Crippen LogP contribution in [-0.2, 0) is 6.42 Å². The van der Waals surface area contributed by atoms with Crippen molar-refractivity contribution in [1.82, 2.24) is 9.97 Å². The number of rotatable bonds is 6. The van der Waals surface area contributed by atoms with Crippen molar-refractivity contribution in [2.24, 2.45) is 0 Å². The summed E-state index contributed by atoms with van der Waals surface area (Å²) in [5.41, 5.74) is 4.43. The Morgan fingerprint density at radius 3 is 2.38 bits per heavy atom. The summed E-state index contributed by atoms with van der Waals surface area (Å²) in [6.45, 7) is 6.14. The average Bonchev–Trinajstić information content (AvgIpc) is 2.63. The Balaban J connectivity index is 1.91. The largest absolute Gasteiger partial charge is 0.495 e. The summed E-state index contributed by atoms with van der Waals surface area (Å²) in [7, 11) is 1.66. The first-order valence-corrected chi connectivity index (χ1v) is 8.72. The minimum Gasteiger partial charge on any atom is -0.495 e. The standard InChI is InChI=1S/C21H24N4O/c1-5-16-10-8-9-14(2)21(16)25-20-13-19(22-15(3)23-20)24-17-11-6-7-12-18(17)26-4/h6-13H,5H2,1-4H3,(H2,22,23,24,25). The van der Waals surface area contributed by atoms with E-state index < -0.39 is 0 Å². The number of ether oxygens (including phenoxy) is 1. The van der Waals surface area contributed by atoms with Crippen LogP contribution in [0.25, 0.3) is 0 Å². The van der Waals surface area contributed by atoms with Gasteiger partial charge in [0.1, 0.15) is 23.2 Å². The second-order valence-corrected chi connectivity index (χ2v) is 6.10. The molecule has 26 heavy (non-hydrogen) atoms. The zero-order chi connectivity index (χ0) is 18.5. The van der Waals surface area contributed by atoms with Gasteiger partial charge in [0, 0.05) is 11.8 Å². The third-order valence-corrected chi connectivity index (χ3v) is 4.20. The molecule has 1 aromatic heterocycles. The Labute approximate surface area is 154 Å². The van der Waals surface area contributed by atoms with E-state index in [-0.39, 0.29) is 0 Å². The van der Waals surface area contributed by atoms with Gasteiger partial charge >= 0.3 is 0 Å². The molecule has 0 bridgehead atoms. The Morgan fingerprint density at radius 2 is 1.65 bits per heavy atom. The zero-order valence-electron chi connectivity index (χ0n) is 15.6. The van der Waals surface area contributed by atoms with Crippen molar-refractivity contribution in [2.75, 3.05) is 17.7 Å². The van der Waals surface area contributed by atoms with Crippen LogP contribution in [-0.4, -0.2) is 17.1 Å². The lowest BCUT2D eigenvalue weighted by Gasteiger charge is -2.15. The van der Waals surface area contributed by atoms with Crippen LogP contribution in [0.4, 0.5) is 23.0 Å². The van der Waals surface area contributed by atoms with E-state index in [2.05, 4.69) is 52.6 Å². The lowest BCUT2D eigenvalue weighted by atomic mass is 10.1. The second-order valence-electron chi connectivity index (χ2n) is 6.10. The Hall–Kier alpha value is -3.08. The van der Waals surface area contributed by atoms with Crippen molar-refractivity contribution in [3.63, 3.8) is 0 Å². The van der Waals surface area contributed by atoms with E-state index in [4.69, 9.17) is 4.74 Å². The van der Waals surface area contributed by atoms with Gasteiger partial charge < -0.3 is 15.4 Å². The summed E-state index contributed by atoms with van der Waals surface area (Å²) >= 11 is 0. The number of aryl methyl sites for hydroxylation is 3. The smallest absolute Gasteiger partial charge is 0.142 e. The Morgan fingerprint density at radius 1 is 0.923 bits per heavy atom. The molecule has 2 aromatic carbocycles. The molecule has 2 N–H and O–H groups in total. The molecule has 0 radical (unpaired) electrons. The van der Waals surface area contributed by atoms with Crippen molar-refractivity contribution in [2.45, 2.75) is 27.2 Å². The summed E-state index contributed by atoms with van der Waals surface area (Å²) in [5.74, 6) is 2.94. The van der Waals surface area contributed by atoms with Crippen LogP contribution in [0.15, 0.2) is 48.5 Å². The number of para-hydroxylation sites is 3. The molecule has 0 saturated heterocycles. The first-order chi connectivity index (χ1) is 12.6. The monoisotopic (exact) mass is 348 g/mol. The van der Waals surface area contributed by atoms with Crippen molar-refractivity contribution in [3.8, 4) is 5.75 Å². The van der Waals surface area contributed by atoms with Crippen molar-refractivity contribution in [1.29, 1.82) is 0 Å². The van der Waals surface area contributed by atoms with Crippen LogP contribution in [0, 0.1) is 13.8 Å². The van der Waals surface area contributed by atoms with Crippen LogP contribution in [0.2, 0.25) is 0 Å². The van der Waals surface area contributed by atoms with E-state index >= 15 is 0 Å². The fourth-order valence-electron chi connectivity index (χ4n) is 2.91. The third kappa shape index (κ3) is 3.94. The lowest BCUT2D eigenvalue weighted by Crippen LogP contribution is -2.04. The summed E-state index contributed by atoms with van der Waals surface area (Å²) in [4.78, 5) is 9.03. The highest BCUT2D eigenvalue weighted by molar-refractivity contribution is 5.69. The number of hydrogen-bond donors (Lipinski definition) is 2. The lowest BCUT2D eigenvalue weighted by molar-refractivity contribution is 0.417. The quantitative estimate of drug-likeness (QED) is 0.645. The van der Waals surface area contributed by atoms with Gasteiger partial charge in [-0.2, -0.15) is 0 Å². The van der Waals surface area contributed by atoms with E-state index in [0.29, 0.717) is 5.82 Å². The first-order valence-electron chi connectivity index (χ1n) is 8.72. The molecule has 0 spiro atoms. The second kappa shape index (κ2) is 7.87. The van der Waals surface area contributed by atoms with Crippen molar-refractivity contribution in [3.05, 3.63) is 65.5 Å². The summed E-state index contributed by atoms with van der Waals surface area (Å²) in [6, 6.07) is 16.0. The van der Waals surface area contributed by atoms with Gasteiger partial charge in [0.15, 0.2) is 0 Å². The number of aromatic nitrogens is 2. The molecule has 0 aliphatic rings. The summed E-state index contributed by atoms with van der Waals surface area (Å²) in [6.07, 6.45) is 0.959. The molecule has 0 aliphatic carbocycles. The van der Waals surface area contributed by atoms with Gasteiger partial charge in [-0.05, 0) is 43.5 Å². The minimum absolute atomic E-state index is 0.694. The third-order valence-electron chi connectivity index (χ3n) is 4.20. The molecule has 0 atom stereocenters. The predicted octanol–water partition coefficient (Wildman–Crippen LogP) is 5.15. The molecule has 3 aromatic rings. The van der Waals surface area contributed by atoms with E-state index in [1.165, 1.54) is 11.1 Å². The minimum atomic E-state index is 0.694. The normalized spacial score (nSPS) is 10.5. The van der Waals surface area contributed by atoms with Crippen LogP contribution in [0.1, 0.15) is 23.9 Å².